The molecule has 0 unspecified atom stereocenters. The molecule has 0 bridgehead atoms. The van der Waals surface area contributed by atoms with Crippen molar-refractivity contribution in [3.63, 3.8) is 0 Å². The Morgan fingerprint density at radius 1 is 1.06 bits per heavy atom. The number of benzene rings is 2. The van der Waals surface area contributed by atoms with Gasteiger partial charge in [0.2, 0.25) is 5.95 Å². The van der Waals surface area contributed by atoms with Gasteiger partial charge in [-0.2, -0.15) is 0 Å². The molecular formula is C20H18FN3O6S2. The summed E-state index contributed by atoms with van der Waals surface area (Å²) in [6, 6.07) is 11.2. The van der Waals surface area contributed by atoms with Crippen molar-refractivity contribution in [2.75, 3.05) is 24.8 Å². The first-order chi connectivity index (χ1) is 15.1. The van der Waals surface area contributed by atoms with Crippen LogP contribution in [0, 0.1) is 5.82 Å². The van der Waals surface area contributed by atoms with Gasteiger partial charge < -0.3 is 14.8 Å². The maximum atomic E-state index is 14.6. The molecule has 32 heavy (non-hydrogen) atoms. The van der Waals surface area contributed by atoms with Gasteiger partial charge in [-0.3, -0.25) is 0 Å². The minimum absolute atomic E-state index is 0.000610. The van der Waals surface area contributed by atoms with Crippen LogP contribution in [0.2, 0.25) is 0 Å². The van der Waals surface area contributed by atoms with Gasteiger partial charge in [-0.05, 0) is 29.8 Å². The molecule has 0 saturated heterocycles. The number of nitrogens with one attached hydrogen (secondary N) is 1. The average Bonchev–Trinajstić information content (AvgIpc) is 2.74. The van der Waals surface area contributed by atoms with Gasteiger partial charge in [-0.15, -0.1) is 0 Å². The minimum Gasteiger partial charge on any atom is -0.486 e. The quantitative estimate of drug-likeness (QED) is 0.531. The predicted octanol–water partition coefficient (Wildman–Crippen LogP) is 2.67. The summed E-state index contributed by atoms with van der Waals surface area (Å²) in [5, 5.41) is 2.88. The zero-order valence-electron chi connectivity index (χ0n) is 16.8. The molecule has 2 aromatic carbocycles. The highest BCUT2D eigenvalue weighted by Crippen LogP contribution is 2.40. The Morgan fingerprint density at radius 2 is 1.81 bits per heavy atom. The largest absolute Gasteiger partial charge is 0.486 e. The molecule has 9 nitrogen and oxygen atoms in total. The highest BCUT2D eigenvalue weighted by atomic mass is 33.2. The van der Waals surface area contributed by atoms with Crippen LogP contribution in [0.1, 0.15) is 5.56 Å². The Kier molecular flexibility index (Phi) is 5.73. The maximum Gasteiger partial charge on any atom is 0.257 e. The first-order valence-electron chi connectivity index (χ1n) is 9.34. The molecule has 0 spiro atoms. The van der Waals surface area contributed by atoms with Gasteiger partial charge in [-0.25, -0.2) is 31.2 Å². The number of fused-ring (bicyclic) bond motifs is 1. The van der Waals surface area contributed by atoms with Gasteiger partial charge in [0.05, 0.1) is 18.2 Å². The molecule has 12 heteroatoms. The van der Waals surface area contributed by atoms with Crippen LogP contribution in [0.5, 0.6) is 11.5 Å². The van der Waals surface area contributed by atoms with E-state index >= 15 is 0 Å². The molecule has 0 saturated carbocycles. The summed E-state index contributed by atoms with van der Waals surface area (Å²) < 4.78 is 72.5. The number of ether oxygens (including phenoxy) is 2. The van der Waals surface area contributed by atoms with Crippen molar-refractivity contribution in [3.05, 3.63) is 60.0 Å². The van der Waals surface area contributed by atoms with E-state index in [0.29, 0.717) is 42.2 Å². The molecule has 2 heterocycles. The molecule has 168 valence electrons. The van der Waals surface area contributed by atoms with E-state index in [9.17, 15) is 21.2 Å². The molecule has 3 aromatic rings. The van der Waals surface area contributed by atoms with Crippen molar-refractivity contribution in [1.29, 1.82) is 0 Å². The smallest absolute Gasteiger partial charge is 0.257 e. The SMILES string of the molecule is CS(=O)(=O)S(=O)(=O)Cc1cccc(Nc2ncc(F)c(-c3cccc4c3OCCO4)n2)c1. The van der Waals surface area contributed by atoms with E-state index in [4.69, 9.17) is 9.47 Å². The fourth-order valence-corrected chi connectivity index (χ4v) is 4.91. The Labute approximate surface area is 183 Å². The summed E-state index contributed by atoms with van der Waals surface area (Å²) in [7, 11) is -8.62. The lowest BCUT2D eigenvalue weighted by molar-refractivity contribution is 0.172. The second-order valence-corrected chi connectivity index (χ2v) is 13.1. The molecule has 1 aliphatic heterocycles. The van der Waals surface area contributed by atoms with Crippen LogP contribution in [0.3, 0.4) is 0 Å². The maximum absolute atomic E-state index is 14.6. The molecule has 1 aromatic heterocycles. The molecule has 0 radical (unpaired) electrons. The lowest BCUT2D eigenvalue weighted by Gasteiger charge is -2.21. The zero-order valence-corrected chi connectivity index (χ0v) is 18.4. The topological polar surface area (TPSA) is 125 Å². The molecule has 0 amide bonds. The normalized spacial score (nSPS) is 13.6. The highest BCUT2D eigenvalue weighted by molar-refractivity contribution is 8.66. The fraction of sp³-hybridized carbons (Fsp3) is 0.200. The summed E-state index contributed by atoms with van der Waals surface area (Å²) in [5.41, 5.74) is 1.06. The van der Waals surface area contributed by atoms with Crippen LogP contribution in [-0.4, -0.2) is 46.3 Å². The third-order valence-electron chi connectivity index (χ3n) is 4.55. The van der Waals surface area contributed by atoms with Gasteiger partial charge in [0.15, 0.2) is 17.3 Å². The van der Waals surface area contributed by atoms with Crippen molar-refractivity contribution >= 4 is 29.4 Å². The van der Waals surface area contributed by atoms with Crippen molar-refractivity contribution in [2.24, 2.45) is 0 Å². The second kappa shape index (κ2) is 8.36. The minimum atomic E-state index is -4.36. The van der Waals surface area contributed by atoms with E-state index in [2.05, 4.69) is 15.3 Å². The number of hydrogen-bond acceptors (Lipinski definition) is 9. The standard InChI is InChI=1S/C20H18FN3O6S2/c1-31(25,26)32(27,28)12-13-4-2-5-14(10-13)23-20-22-11-16(21)18(24-20)15-6-3-7-17-19(15)30-9-8-29-17/h2-7,10-11H,8-9,12H2,1H3,(H,22,23,24). The number of aromatic nitrogens is 2. The first-order valence-corrected chi connectivity index (χ1v) is 13.4. The van der Waals surface area contributed by atoms with E-state index in [1.54, 1.807) is 30.3 Å². The van der Waals surface area contributed by atoms with Gasteiger partial charge in [-0.1, -0.05) is 18.2 Å². The zero-order chi connectivity index (χ0) is 22.9. The molecule has 1 N–H and O–H groups in total. The summed E-state index contributed by atoms with van der Waals surface area (Å²) >= 11 is 0. The average molecular weight is 480 g/mol. The fourth-order valence-electron chi connectivity index (χ4n) is 3.06. The van der Waals surface area contributed by atoms with Gasteiger partial charge >= 0.3 is 0 Å². The molecular weight excluding hydrogens is 461 g/mol. The number of hydrogen-bond donors (Lipinski definition) is 1. The van der Waals surface area contributed by atoms with Crippen LogP contribution >= 0.6 is 0 Å². The Morgan fingerprint density at radius 3 is 2.59 bits per heavy atom. The third kappa shape index (κ3) is 4.50. The number of para-hydroxylation sites is 1. The molecule has 0 atom stereocenters. The molecule has 1 aliphatic rings. The summed E-state index contributed by atoms with van der Waals surface area (Å²) in [6.07, 6.45) is 1.65. The summed E-state index contributed by atoms with van der Waals surface area (Å²) in [5.74, 6) is -0.411. The molecule has 4 rings (SSSR count). The van der Waals surface area contributed by atoms with Crippen molar-refractivity contribution < 1.29 is 30.7 Å². The van der Waals surface area contributed by atoms with Crippen LogP contribution in [0.4, 0.5) is 16.0 Å². The lowest BCUT2D eigenvalue weighted by Crippen LogP contribution is -2.16. The van der Waals surface area contributed by atoms with Crippen LogP contribution in [0.15, 0.2) is 48.7 Å². The Bertz CT molecular complexity index is 1390. The van der Waals surface area contributed by atoms with Crippen molar-refractivity contribution in [3.8, 4) is 22.8 Å². The second-order valence-electron chi connectivity index (χ2n) is 6.95. The highest BCUT2D eigenvalue weighted by Gasteiger charge is 2.25. The lowest BCUT2D eigenvalue weighted by atomic mass is 10.1. The van der Waals surface area contributed by atoms with Crippen LogP contribution in [0.25, 0.3) is 11.3 Å². The molecule has 0 aliphatic carbocycles. The molecule has 0 fully saturated rings. The monoisotopic (exact) mass is 479 g/mol. The first kappa shape index (κ1) is 22.0. The van der Waals surface area contributed by atoms with Gasteiger partial charge in [0.25, 0.3) is 17.7 Å². The Balaban J connectivity index is 1.64. The van der Waals surface area contributed by atoms with Crippen molar-refractivity contribution in [1.82, 2.24) is 9.97 Å². The number of rotatable bonds is 6. The Hall–Kier alpha value is -3.25. The number of nitrogens with zero attached hydrogens (tertiary/aromatic N) is 2. The number of halogens is 1. The summed E-state index contributed by atoms with van der Waals surface area (Å²) in [6.45, 7) is 0.714. The van der Waals surface area contributed by atoms with Crippen LogP contribution < -0.4 is 14.8 Å². The van der Waals surface area contributed by atoms with Crippen LogP contribution in [-0.2, 0) is 23.5 Å². The summed E-state index contributed by atoms with van der Waals surface area (Å²) in [4.78, 5) is 8.17. The van der Waals surface area contributed by atoms with Gasteiger partial charge in [0, 0.05) is 11.3 Å². The predicted molar refractivity (Wildman–Crippen MR) is 116 cm³/mol. The van der Waals surface area contributed by atoms with E-state index in [1.807, 2.05) is 0 Å². The van der Waals surface area contributed by atoms with E-state index < -0.39 is 29.3 Å². The third-order valence-corrected chi connectivity index (χ3v) is 9.28. The van der Waals surface area contributed by atoms with Crippen molar-refractivity contribution in [2.45, 2.75) is 5.75 Å². The van der Waals surface area contributed by atoms with E-state index in [1.165, 1.54) is 12.1 Å². The van der Waals surface area contributed by atoms with E-state index in [-0.39, 0.29) is 17.2 Å². The van der Waals surface area contributed by atoms with Gasteiger partial charge in [0.1, 0.15) is 18.9 Å². The number of anilines is 2. The van der Waals surface area contributed by atoms with E-state index in [0.717, 1.165) is 6.20 Å².